The van der Waals surface area contributed by atoms with Crippen molar-refractivity contribution in [3.8, 4) is 0 Å². The number of aliphatic hydroxyl groups is 2. The summed E-state index contributed by atoms with van der Waals surface area (Å²) in [7, 11) is 0. The van der Waals surface area contributed by atoms with Gasteiger partial charge < -0.3 is 25.0 Å². The standard InChI is InChI=1S/C30H35NO7/c1-16(33)31-19-7-4-17(5-8-19)27-37-25-13-22-21-9-6-18-12-20(34)10-11-28(18,2)26(21)23(35)14-29(22,3)30(25,38-27)24(36)15-32/h4-5,7-8,10-12,21-23,25-27,32,35H,6,9,13-15H2,1-3H3,(H,31,33)/t21-,22-,23-,25+,26+,27+,28-,29-,30+/m1/s1. The Morgan fingerprint density at radius 2 is 1.92 bits per heavy atom. The van der Waals surface area contributed by atoms with Gasteiger partial charge in [0.1, 0.15) is 6.61 Å². The predicted octanol–water partition coefficient (Wildman–Crippen LogP) is 3.25. The maximum atomic E-state index is 13.6. The van der Waals surface area contributed by atoms with Crippen molar-refractivity contribution in [3.63, 3.8) is 0 Å². The number of carbonyl (C=O) groups is 3. The normalized spacial score (nSPS) is 43.0. The van der Waals surface area contributed by atoms with E-state index in [4.69, 9.17) is 9.47 Å². The van der Waals surface area contributed by atoms with Crippen LogP contribution in [0.1, 0.15) is 58.3 Å². The zero-order valence-electron chi connectivity index (χ0n) is 22.0. The van der Waals surface area contributed by atoms with E-state index in [1.165, 1.54) is 6.92 Å². The van der Waals surface area contributed by atoms with Crippen LogP contribution in [0.25, 0.3) is 0 Å². The van der Waals surface area contributed by atoms with Crippen LogP contribution in [-0.4, -0.2) is 52.1 Å². The van der Waals surface area contributed by atoms with Crippen LogP contribution >= 0.6 is 0 Å². The zero-order valence-corrected chi connectivity index (χ0v) is 22.0. The van der Waals surface area contributed by atoms with Crippen molar-refractivity contribution >= 4 is 23.2 Å². The number of aliphatic hydroxyl groups excluding tert-OH is 2. The molecule has 4 aliphatic carbocycles. The quantitative estimate of drug-likeness (QED) is 0.556. The van der Waals surface area contributed by atoms with Crippen LogP contribution in [0.4, 0.5) is 5.69 Å². The first-order valence-corrected chi connectivity index (χ1v) is 13.5. The van der Waals surface area contributed by atoms with Gasteiger partial charge in [-0.2, -0.15) is 0 Å². The molecule has 38 heavy (non-hydrogen) atoms. The molecule has 1 aromatic carbocycles. The summed E-state index contributed by atoms with van der Waals surface area (Å²) in [4.78, 5) is 37.1. The molecule has 8 nitrogen and oxygen atoms in total. The number of anilines is 1. The van der Waals surface area contributed by atoms with Gasteiger partial charge in [-0.1, -0.05) is 37.6 Å². The lowest BCUT2D eigenvalue weighted by Gasteiger charge is -2.59. The van der Waals surface area contributed by atoms with E-state index in [2.05, 4.69) is 12.2 Å². The minimum Gasteiger partial charge on any atom is -0.393 e. The molecular weight excluding hydrogens is 486 g/mol. The third kappa shape index (κ3) is 3.40. The number of fused-ring (bicyclic) bond motifs is 7. The van der Waals surface area contributed by atoms with E-state index in [-0.39, 0.29) is 29.4 Å². The monoisotopic (exact) mass is 521 g/mol. The highest BCUT2D eigenvalue weighted by molar-refractivity contribution is 6.01. The molecule has 1 aliphatic heterocycles. The Labute approximate surface area is 222 Å². The number of hydrogen-bond donors (Lipinski definition) is 3. The Morgan fingerprint density at radius 1 is 1.18 bits per heavy atom. The number of amides is 1. The molecule has 0 aromatic heterocycles. The molecule has 8 heteroatoms. The van der Waals surface area contributed by atoms with Gasteiger partial charge in [-0.05, 0) is 61.8 Å². The molecule has 202 valence electrons. The Morgan fingerprint density at radius 3 is 2.61 bits per heavy atom. The largest absolute Gasteiger partial charge is 0.393 e. The van der Waals surface area contributed by atoms with Crippen LogP contribution in [0.2, 0.25) is 0 Å². The fourth-order valence-electron chi connectivity index (χ4n) is 8.76. The highest BCUT2D eigenvalue weighted by Gasteiger charge is 2.75. The van der Waals surface area contributed by atoms with Crippen molar-refractivity contribution in [3.05, 3.63) is 53.6 Å². The summed E-state index contributed by atoms with van der Waals surface area (Å²) in [6.07, 6.45) is 5.73. The topological polar surface area (TPSA) is 122 Å². The second kappa shape index (κ2) is 8.68. The summed E-state index contributed by atoms with van der Waals surface area (Å²) >= 11 is 0. The molecule has 3 N–H and O–H groups in total. The smallest absolute Gasteiger partial charge is 0.221 e. The van der Waals surface area contributed by atoms with Gasteiger partial charge in [0.25, 0.3) is 0 Å². The summed E-state index contributed by atoms with van der Waals surface area (Å²) in [6.45, 7) is 4.90. The molecule has 0 bridgehead atoms. The van der Waals surface area contributed by atoms with Gasteiger partial charge in [0, 0.05) is 34.9 Å². The van der Waals surface area contributed by atoms with E-state index in [0.717, 1.165) is 18.4 Å². The first-order chi connectivity index (χ1) is 18.0. The Kier molecular flexibility index (Phi) is 5.85. The van der Waals surface area contributed by atoms with Gasteiger partial charge in [0.05, 0.1) is 12.2 Å². The molecule has 3 saturated carbocycles. The van der Waals surface area contributed by atoms with E-state index >= 15 is 0 Å². The first-order valence-electron chi connectivity index (χ1n) is 13.5. The lowest BCUT2D eigenvalue weighted by molar-refractivity contribution is -0.201. The Bertz CT molecular complexity index is 1250. The van der Waals surface area contributed by atoms with Crippen molar-refractivity contribution in [1.29, 1.82) is 0 Å². The number of ether oxygens (including phenoxy) is 2. The Hall–Kier alpha value is -2.65. The van der Waals surface area contributed by atoms with Crippen LogP contribution in [0.5, 0.6) is 0 Å². The van der Waals surface area contributed by atoms with Crippen LogP contribution in [0.15, 0.2) is 48.1 Å². The number of allylic oxidation sites excluding steroid dienone is 4. The van der Waals surface area contributed by atoms with E-state index in [1.54, 1.807) is 36.4 Å². The number of benzene rings is 1. The van der Waals surface area contributed by atoms with Crippen molar-refractivity contribution in [1.82, 2.24) is 0 Å². The third-order valence-corrected chi connectivity index (χ3v) is 10.3. The van der Waals surface area contributed by atoms with Gasteiger partial charge in [-0.15, -0.1) is 0 Å². The highest BCUT2D eigenvalue weighted by atomic mass is 16.7. The fraction of sp³-hybridized carbons (Fsp3) is 0.567. The summed E-state index contributed by atoms with van der Waals surface area (Å²) < 4.78 is 13.0. The molecule has 1 heterocycles. The minimum absolute atomic E-state index is 0.00749. The minimum atomic E-state index is -1.38. The van der Waals surface area contributed by atoms with E-state index < -0.39 is 47.3 Å². The van der Waals surface area contributed by atoms with Crippen LogP contribution in [0.3, 0.4) is 0 Å². The number of hydrogen-bond acceptors (Lipinski definition) is 7. The molecule has 0 unspecified atom stereocenters. The van der Waals surface area contributed by atoms with Crippen LogP contribution in [-0.2, 0) is 23.9 Å². The van der Waals surface area contributed by atoms with Crippen molar-refractivity contribution < 1.29 is 34.1 Å². The summed E-state index contributed by atoms with van der Waals surface area (Å²) in [5, 5.41) is 24.5. The second-order valence-electron chi connectivity index (χ2n) is 12.1. The maximum absolute atomic E-state index is 13.6. The molecule has 0 spiro atoms. The number of nitrogens with one attached hydrogen (secondary N) is 1. The first kappa shape index (κ1) is 25.6. The molecule has 4 fully saturated rings. The molecule has 0 radical (unpaired) electrons. The lowest BCUT2D eigenvalue weighted by atomic mass is 9.46. The summed E-state index contributed by atoms with van der Waals surface area (Å²) in [5.74, 6) is -0.518. The van der Waals surface area contributed by atoms with Gasteiger partial charge >= 0.3 is 0 Å². The fourth-order valence-corrected chi connectivity index (χ4v) is 8.76. The molecule has 1 amide bonds. The number of rotatable bonds is 4. The predicted molar refractivity (Wildman–Crippen MR) is 138 cm³/mol. The number of carbonyl (C=O) groups excluding carboxylic acids is 3. The summed E-state index contributed by atoms with van der Waals surface area (Å²) in [5.41, 5.74) is -0.104. The molecule has 5 aliphatic rings. The van der Waals surface area contributed by atoms with Crippen molar-refractivity contribution in [2.24, 2.45) is 28.6 Å². The van der Waals surface area contributed by atoms with E-state index in [1.807, 2.05) is 13.0 Å². The third-order valence-electron chi connectivity index (χ3n) is 10.3. The van der Waals surface area contributed by atoms with E-state index in [0.29, 0.717) is 24.1 Å². The molecule has 1 aromatic rings. The van der Waals surface area contributed by atoms with Gasteiger partial charge in [0.2, 0.25) is 5.91 Å². The molecule has 1 saturated heterocycles. The molecule has 9 atom stereocenters. The van der Waals surface area contributed by atoms with Gasteiger partial charge in [-0.25, -0.2) is 0 Å². The van der Waals surface area contributed by atoms with Crippen molar-refractivity contribution in [2.75, 3.05) is 11.9 Å². The zero-order chi connectivity index (χ0) is 27.0. The molecular formula is C30H35NO7. The average molecular weight is 522 g/mol. The van der Waals surface area contributed by atoms with E-state index in [9.17, 15) is 24.6 Å². The average Bonchev–Trinajstić information content (AvgIpc) is 3.37. The van der Waals surface area contributed by atoms with Crippen LogP contribution in [0, 0.1) is 28.6 Å². The second-order valence-corrected chi connectivity index (χ2v) is 12.1. The SMILES string of the molecule is CC(=O)Nc1ccc([C@H]2O[C@H]3C[C@@H]4[C@H]5CCC6=CC(=O)C=C[C@@]6(C)[C@@H]5[C@H](O)C[C@@]4(C)[C@@]3(C(=O)CO)O2)cc1. The number of Topliss-reactive ketones (excluding diaryl/α,β-unsaturated/α-hetero) is 1. The highest BCUT2D eigenvalue weighted by Crippen LogP contribution is 2.70. The van der Waals surface area contributed by atoms with Gasteiger partial charge in [-0.3, -0.25) is 14.4 Å². The van der Waals surface area contributed by atoms with Crippen molar-refractivity contribution in [2.45, 2.75) is 70.6 Å². The summed E-state index contributed by atoms with van der Waals surface area (Å²) in [6, 6.07) is 7.11. The van der Waals surface area contributed by atoms with Gasteiger partial charge in [0.15, 0.2) is 23.5 Å². The maximum Gasteiger partial charge on any atom is 0.221 e. The lowest BCUT2D eigenvalue weighted by Crippen LogP contribution is -2.63. The van der Waals surface area contributed by atoms with Crippen LogP contribution < -0.4 is 5.32 Å². The number of ketones is 2. The Balaban J connectivity index is 1.34. The molecule has 6 rings (SSSR count).